The van der Waals surface area contributed by atoms with Crippen molar-refractivity contribution < 1.29 is 27.9 Å². The molecule has 0 spiro atoms. The number of hydrogen-bond donors (Lipinski definition) is 1. The molecule has 2 atom stereocenters. The number of carbonyl (C=O) groups is 2. The summed E-state index contributed by atoms with van der Waals surface area (Å²) in [7, 11) is -2.75. The highest BCUT2D eigenvalue weighted by molar-refractivity contribution is 7.89. The number of sulfonamides is 1. The van der Waals surface area contributed by atoms with Crippen LogP contribution in [0.4, 0.5) is 0 Å². The molecule has 0 saturated carbocycles. The van der Waals surface area contributed by atoms with Gasteiger partial charge in [0.25, 0.3) is 0 Å². The first-order chi connectivity index (χ1) is 16.3. The number of rotatable bonds is 7. The summed E-state index contributed by atoms with van der Waals surface area (Å²) < 4.78 is 32.9. The molecule has 3 aromatic carbocycles. The first-order valence-corrected chi connectivity index (χ1v) is 12.0. The molecule has 1 aliphatic heterocycles. The number of benzene rings is 3. The molecule has 0 radical (unpaired) electrons. The lowest BCUT2D eigenvalue weighted by Gasteiger charge is -2.44. The van der Waals surface area contributed by atoms with Crippen LogP contribution in [0.15, 0.2) is 89.8 Å². The van der Waals surface area contributed by atoms with Crippen molar-refractivity contribution in [2.24, 2.45) is 0 Å². The largest absolute Gasteiger partial charge is 0.497 e. The van der Waals surface area contributed by atoms with Crippen molar-refractivity contribution in [1.29, 1.82) is 0 Å². The van der Waals surface area contributed by atoms with E-state index in [1.54, 1.807) is 42.5 Å². The third-order valence-electron chi connectivity index (χ3n) is 5.81. The summed E-state index contributed by atoms with van der Waals surface area (Å²) in [6.07, 6.45) is 0. The number of carboxylic acids is 1. The third-order valence-corrected chi connectivity index (χ3v) is 7.65. The number of amides is 1. The van der Waals surface area contributed by atoms with E-state index < -0.39 is 40.5 Å². The van der Waals surface area contributed by atoms with E-state index in [4.69, 9.17) is 4.74 Å². The minimum Gasteiger partial charge on any atom is -0.497 e. The molecule has 1 fully saturated rings. The number of piperazine rings is 1. The summed E-state index contributed by atoms with van der Waals surface area (Å²) in [5.41, 5.74) is 1.29. The predicted octanol–water partition coefficient (Wildman–Crippen LogP) is 2.92. The highest BCUT2D eigenvalue weighted by Gasteiger charge is 2.50. The van der Waals surface area contributed by atoms with Gasteiger partial charge in [-0.15, -0.1) is 0 Å². The molecule has 0 aliphatic carbocycles. The highest BCUT2D eigenvalue weighted by Crippen LogP contribution is 2.37. The fraction of sp³-hybridized carbons (Fsp3) is 0.200. The van der Waals surface area contributed by atoms with E-state index in [1.807, 2.05) is 30.3 Å². The zero-order valence-corrected chi connectivity index (χ0v) is 19.3. The van der Waals surface area contributed by atoms with Crippen LogP contribution in [0.3, 0.4) is 0 Å². The van der Waals surface area contributed by atoms with Gasteiger partial charge in [-0.05, 0) is 35.4 Å². The summed E-state index contributed by atoms with van der Waals surface area (Å²) in [6, 6.07) is 20.8. The Balaban J connectivity index is 1.84. The smallest absolute Gasteiger partial charge is 0.324 e. The van der Waals surface area contributed by atoms with E-state index >= 15 is 0 Å². The number of carboxylic acid groups (broad SMARTS) is 1. The average molecular weight is 481 g/mol. The minimum absolute atomic E-state index is 0.0703. The van der Waals surface area contributed by atoms with Gasteiger partial charge in [0.1, 0.15) is 11.8 Å². The molecule has 4 rings (SSSR count). The van der Waals surface area contributed by atoms with E-state index in [9.17, 15) is 23.1 Å². The van der Waals surface area contributed by atoms with Gasteiger partial charge in [0.2, 0.25) is 15.9 Å². The Bertz CT molecular complexity index is 1260. The van der Waals surface area contributed by atoms with Gasteiger partial charge in [-0.2, -0.15) is 4.31 Å². The van der Waals surface area contributed by atoms with Crippen molar-refractivity contribution in [2.45, 2.75) is 23.5 Å². The van der Waals surface area contributed by atoms with Gasteiger partial charge in [0.05, 0.1) is 24.6 Å². The molecule has 8 nitrogen and oxygen atoms in total. The van der Waals surface area contributed by atoms with Crippen LogP contribution < -0.4 is 4.74 Å². The number of hydrogen-bond acceptors (Lipinski definition) is 5. The maximum absolute atomic E-state index is 13.5. The Hall–Kier alpha value is -3.69. The molecule has 1 N–H and O–H groups in total. The van der Waals surface area contributed by atoms with Gasteiger partial charge in [-0.3, -0.25) is 9.59 Å². The van der Waals surface area contributed by atoms with Crippen molar-refractivity contribution in [3.63, 3.8) is 0 Å². The molecule has 34 heavy (non-hydrogen) atoms. The SMILES string of the molecule is COc1ccc([C@@H]2[C@@H](C(=O)O)N(S(=O)(=O)c3ccccc3)CC(=O)N2Cc2ccccc2)cc1. The van der Waals surface area contributed by atoms with Crippen molar-refractivity contribution in [3.8, 4) is 5.75 Å². The molecule has 0 aromatic heterocycles. The van der Waals surface area contributed by atoms with Crippen LogP contribution in [-0.4, -0.2) is 54.3 Å². The molecule has 0 bridgehead atoms. The van der Waals surface area contributed by atoms with Crippen LogP contribution >= 0.6 is 0 Å². The average Bonchev–Trinajstić information content (AvgIpc) is 2.86. The number of ether oxygens (including phenoxy) is 1. The predicted molar refractivity (Wildman–Crippen MR) is 124 cm³/mol. The maximum Gasteiger partial charge on any atom is 0.324 e. The zero-order chi connectivity index (χ0) is 24.3. The maximum atomic E-state index is 13.5. The van der Waals surface area contributed by atoms with E-state index in [2.05, 4.69) is 0 Å². The summed E-state index contributed by atoms with van der Waals surface area (Å²) in [4.78, 5) is 27.3. The Morgan fingerprint density at radius 2 is 1.56 bits per heavy atom. The van der Waals surface area contributed by atoms with Crippen molar-refractivity contribution in [3.05, 3.63) is 96.1 Å². The summed E-state index contributed by atoms with van der Waals surface area (Å²) in [5.74, 6) is -1.27. The Morgan fingerprint density at radius 3 is 2.12 bits per heavy atom. The number of aliphatic carboxylic acids is 1. The lowest BCUT2D eigenvalue weighted by atomic mass is 9.94. The van der Waals surface area contributed by atoms with Gasteiger partial charge in [0, 0.05) is 6.54 Å². The standard InChI is InChI=1S/C25H24N2O6S/c1-33-20-14-12-19(13-15-20)23-24(25(29)30)27(34(31,32)21-10-6-3-7-11-21)17-22(28)26(23)16-18-8-4-2-5-9-18/h2-15,23-24H,16-17H2,1H3,(H,29,30)/t23-,24+/m1/s1. The van der Waals surface area contributed by atoms with Crippen molar-refractivity contribution in [2.75, 3.05) is 13.7 Å². The fourth-order valence-corrected chi connectivity index (χ4v) is 5.71. The van der Waals surface area contributed by atoms with E-state index in [0.29, 0.717) is 11.3 Å². The highest BCUT2D eigenvalue weighted by atomic mass is 32.2. The van der Waals surface area contributed by atoms with Crippen LogP contribution in [-0.2, 0) is 26.2 Å². The van der Waals surface area contributed by atoms with Crippen molar-refractivity contribution in [1.82, 2.24) is 9.21 Å². The molecule has 1 heterocycles. The van der Waals surface area contributed by atoms with E-state index in [0.717, 1.165) is 9.87 Å². The second-order valence-electron chi connectivity index (χ2n) is 7.87. The molecule has 1 aliphatic rings. The number of carbonyl (C=O) groups excluding carboxylic acids is 1. The lowest BCUT2D eigenvalue weighted by molar-refractivity contribution is -0.153. The Labute approximate surface area is 198 Å². The molecule has 9 heteroatoms. The molecule has 176 valence electrons. The van der Waals surface area contributed by atoms with Gasteiger partial charge in [0.15, 0.2) is 0 Å². The second kappa shape index (κ2) is 9.66. The third kappa shape index (κ3) is 4.52. The quantitative estimate of drug-likeness (QED) is 0.558. The molecule has 1 saturated heterocycles. The molecular weight excluding hydrogens is 456 g/mol. The molecule has 3 aromatic rings. The minimum atomic E-state index is -4.26. The fourth-order valence-electron chi connectivity index (χ4n) is 4.16. The van der Waals surface area contributed by atoms with Gasteiger partial charge < -0.3 is 14.7 Å². The number of nitrogens with zero attached hydrogens (tertiary/aromatic N) is 2. The first-order valence-electron chi connectivity index (χ1n) is 10.6. The number of methoxy groups -OCH3 is 1. The van der Waals surface area contributed by atoms with Crippen molar-refractivity contribution >= 4 is 21.9 Å². The molecular formula is C25H24N2O6S. The first kappa shape index (κ1) is 23.5. The lowest BCUT2D eigenvalue weighted by Crippen LogP contribution is -2.61. The second-order valence-corrected chi connectivity index (χ2v) is 9.76. The van der Waals surface area contributed by atoms with Gasteiger partial charge >= 0.3 is 5.97 Å². The van der Waals surface area contributed by atoms with Crippen LogP contribution in [0.1, 0.15) is 17.2 Å². The van der Waals surface area contributed by atoms with E-state index in [1.165, 1.54) is 24.1 Å². The van der Waals surface area contributed by atoms with Crippen LogP contribution in [0.25, 0.3) is 0 Å². The van der Waals surface area contributed by atoms with E-state index in [-0.39, 0.29) is 11.4 Å². The van der Waals surface area contributed by atoms with Gasteiger partial charge in [-0.1, -0.05) is 60.7 Å². The monoisotopic (exact) mass is 480 g/mol. The Morgan fingerprint density at radius 1 is 0.971 bits per heavy atom. The van der Waals surface area contributed by atoms with Crippen LogP contribution in [0.5, 0.6) is 5.75 Å². The summed E-state index contributed by atoms with van der Waals surface area (Å²) in [5, 5.41) is 10.3. The van der Waals surface area contributed by atoms with Crippen LogP contribution in [0, 0.1) is 0 Å². The summed E-state index contributed by atoms with van der Waals surface area (Å²) in [6.45, 7) is -0.437. The zero-order valence-electron chi connectivity index (χ0n) is 18.4. The van der Waals surface area contributed by atoms with Gasteiger partial charge in [-0.25, -0.2) is 8.42 Å². The molecule has 1 amide bonds. The normalized spacial score (nSPS) is 19.1. The topological polar surface area (TPSA) is 104 Å². The summed E-state index contributed by atoms with van der Waals surface area (Å²) >= 11 is 0. The molecule has 0 unspecified atom stereocenters. The van der Waals surface area contributed by atoms with Crippen LogP contribution in [0.2, 0.25) is 0 Å². The Kier molecular flexibility index (Phi) is 6.67.